The molecule has 0 fully saturated rings. The van der Waals surface area contributed by atoms with Crippen LogP contribution in [0.25, 0.3) is 11.0 Å². The van der Waals surface area contributed by atoms with Gasteiger partial charge in [-0.15, -0.1) is 0 Å². The second-order valence-electron chi connectivity index (χ2n) is 6.95. The number of benzene rings is 1. The van der Waals surface area contributed by atoms with Crippen molar-refractivity contribution in [1.29, 1.82) is 0 Å². The molecule has 25 heavy (non-hydrogen) atoms. The molecule has 1 aromatic carbocycles. The number of allylic oxidation sites excluding steroid dienone is 1. The van der Waals surface area contributed by atoms with Crippen molar-refractivity contribution < 1.29 is 23.8 Å². The van der Waals surface area contributed by atoms with Gasteiger partial charge < -0.3 is 19.0 Å². The largest absolute Gasteiger partial charge is 0.483 e. The molecule has 2 atom stereocenters. The SMILES string of the molecule is CC(C)=CC(=O)O[C@H]1c2cc3ccc(=O)oc3cc2O[C@@H]1C(C)(C)O. The predicted octanol–water partition coefficient (Wildman–Crippen LogP) is 2.88. The van der Waals surface area contributed by atoms with Gasteiger partial charge in [0.15, 0.2) is 12.2 Å². The summed E-state index contributed by atoms with van der Waals surface area (Å²) in [6.45, 7) is 6.77. The summed E-state index contributed by atoms with van der Waals surface area (Å²) in [6.07, 6.45) is -0.158. The summed E-state index contributed by atoms with van der Waals surface area (Å²) in [4.78, 5) is 23.5. The van der Waals surface area contributed by atoms with Crippen LogP contribution in [0.4, 0.5) is 0 Å². The van der Waals surface area contributed by atoms with Crippen molar-refractivity contribution in [1.82, 2.24) is 0 Å². The summed E-state index contributed by atoms with van der Waals surface area (Å²) in [7, 11) is 0. The van der Waals surface area contributed by atoms with Gasteiger partial charge in [0.25, 0.3) is 0 Å². The van der Waals surface area contributed by atoms with Crippen LogP contribution in [0, 0.1) is 0 Å². The van der Waals surface area contributed by atoms with E-state index in [1.807, 2.05) is 0 Å². The summed E-state index contributed by atoms with van der Waals surface area (Å²) in [5.74, 6) is -0.0839. The van der Waals surface area contributed by atoms with Gasteiger partial charge in [-0.25, -0.2) is 9.59 Å². The lowest BCUT2D eigenvalue weighted by Crippen LogP contribution is -2.43. The Hall–Kier alpha value is -2.60. The summed E-state index contributed by atoms with van der Waals surface area (Å²) in [5.41, 5.74) is 0.100. The molecule has 0 unspecified atom stereocenters. The van der Waals surface area contributed by atoms with Gasteiger partial charge in [-0.05, 0) is 39.8 Å². The Balaban J connectivity index is 2.08. The van der Waals surface area contributed by atoms with Gasteiger partial charge in [-0.3, -0.25) is 0 Å². The fourth-order valence-electron chi connectivity index (χ4n) is 2.84. The molecular formula is C19H20O6. The van der Waals surface area contributed by atoms with Crippen molar-refractivity contribution in [3.8, 4) is 5.75 Å². The number of fused-ring (bicyclic) bond motifs is 2. The van der Waals surface area contributed by atoms with E-state index in [1.165, 1.54) is 12.1 Å². The first kappa shape index (κ1) is 17.2. The monoisotopic (exact) mass is 344 g/mol. The van der Waals surface area contributed by atoms with Gasteiger partial charge in [0.1, 0.15) is 11.3 Å². The fraction of sp³-hybridized carbons (Fsp3) is 0.368. The zero-order chi connectivity index (χ0) is 18.4. The zero-order valence-corrected chi connectivity index (χ0v) is 14.5. The minimum atomic E-state index is -1.25. The Morgan fingerprint density at radius 3 is 2.64 bits per heavy atom. The first-order chi connectivity index (χ1) is 11.6. The molecule has 3 rings (SSSR count). The average molecular weight is 344 g/mol. The van der Waals surface area contributed by atoms with Crippen molar-refractivity contribution in [3.63, 3.8) is 0 Å². The smallest absolute Gasteiger partial charge is 0.336 e. The Kier molecular flexibility index (Phi) is 4.16. The van der Waals surface area contributed by atoms with Gasteiger partial charge in [-0.2, -0.15) is 0 Å². The lowest BCUT2D eigenvalue weighted by atomic mass is 9.94. The van der Waals surface area contributed by atoms with Crippen LogP contribution in [-0.4, -0.2) is 22.8 Å². The molecule has 0 radical (unpaired) electrons. The van der Waals surface area contributed by atoms with Crippen molar-refractivity contribution in [2.45, 2.75) is 45.5 Å². The highest BCUT2D eigenvalue weighted by atomic mass is 16.6. The first-order valence-electron chi connectivity index (χ1n) is 7.97. The van der Waals surface area contributed by atoms with Gasteiger partial charge in [-0.1, -0.05) is 5.57 Å². The molecule has 1 N–H and O–H groups in total. The zero-order valence-electron chi connectivity index (χ0n) is 14.5. The molecule has 0 bridgehead atoms. The number of ether oxygens (including phenoxy) is 2. The number of hydrogen-bond acceptors (Lipinski definition) is 6. The number of hydrogen-bond donors (Lipinski definition) is 1. The molecule has 0 saturated heterocycles. The number of carbonyl (C=O) groups is 1. The molecular weight excluding hydrogens is 324 g/mol. The fourth-order valence-corrected chi connectivity index (χ4v) is 2.84. The molecule has 1 aromatic heterocycles. The van der Waals surface area contributed by atoms with Crippen molar-refractivity contribution >= 4 is 16.9 Å². The van der Waals surface area contributed by atoms with Crippen molar-refractivity contribution in [3.05, 3.63) is 51.9 Å². The Morgan fingerprint density at radius 1 is 1.28 bits per heavy atom. The summed E-state index contributed by atoms with van der Waals surface area (Å²) >= 11 is 0. The highest BCUT2D eigenvalue weighted by molar-refractivity contribution is 5.84. The molecule has 2 heterocycles. The van der Waals surface area contributed by atoms with Crippen LogP contribution < -0.4 is 10.4 Å². The normalized spacial score (nSPS) is 19.2. The van der Waals surface area contributed by atoms with E-state index < -0.39 is 29.4 Å². The van der Waals surface area contributed by atoms with E-state index in [9.17, 15) is 14.7 Å². The highest BCUT2D eigenvalue weighted by Gasteiger charge is 2.45. The van der Waals surface area contributed by atoms with Crippen LogP contribution in [0.5, 0.6) is 5.75 Å². The van der Waals surface area contributed by atoms with Crippen LogP contribution in [0.15, 0.2) is 45.1 Å². The Bertz CT molecular complexity index is 912. The van der Waals surface area contributed by atoms with Crippen LogP contribution in [0.2, 0.25) is 0 Å². The van der Waals surface area contributed by atoms with Crippen LogP contribution in [0.1, 0.15) is 39.4 Å². The average Bonchev–Trinajstić information content (AvgIpc) is 2.82. The maximum absolute atomic E-state index is 12.1. The highest BCUT2D eigenvalue weighted by Crippen LogP contribution is 2.44. The minimum Gasteiger partial charge on any atom is -0.483 e. The van der Waals surface area contributed by atoms with E-state index in [2.05, 4.69) is 0 Å². The molecule has 0 spiro atoms. The maximum Gasteiger partial charge on any atom is 0.336 e. The molecule has 6 nitrogen and oxygen atoms in total. The van der Waals surface area contributed by atoms with E-state index >= 15 is 0 Å². The van der Waals surface area contributed by atoms with Gasteiger partial charge in [0, 0.05) is 29.2 Å². The molecule has 132 valence electrons. The van der Waals surface area contributed by atoms with E-state index in [-0.39, 0.29) is 0 Å². The van der Waals surface area contributed by atoms with Crippen LogP contribution in [0.3, 0.4) is 0 Å². The van der Waals surface area contributed by atoms with Crippen LogP contribution >= 0.6 is 0 Å². The molecule has 0 aliphatic carbocycles. The molecule has 1 aliphatic rings. The van der Waals surface area contributed by atoms with Crippen molar-refractivity contribution in [2.75, 3.05) is 0 Å². The molecule has 0 saturated carbocycles. The van der Waals surface area contributed by atoms with E-state index in [4.69, 9.17) is 13.9 Å². The third kappa shape index (κ3) is 3.44. The second-order valence-corrected chi connectivity index (χ2v) is 6.95. The van der Waals surface area contributed by atoms with E-state index in [0.29, 0.717) is 22.3 Å². The summed E-state index contributed by atoms with van der Waals surface area (Å²) in [6, 6.07) is 6.29. The second kappa shape index (κ2) is 6.04. The molecule has 0 amide bonds. The summed E-state index contributed by atoms with van der Waals surface area (Å²) in [5, 5.41) is 11.1. The van der Waals surface area contributed by atoms with E-state index in [1.54, 1.807) is 45.9 Å². The third-order valence-electron chi connectivity index (χ3n) is 3.93. The quantitative estimate of drug-likeness (QED) is 0.523. The first-order valence-corrected chi connectivity index (χ1v) is 7.97. The van der Waals surface area contributed by atoms with Gasteiger partial charge >= 0.3 is 11.6 Å². The topological polar surface area (TPSA) is 86.0 Å². The molecule has 2 aromatic rings. The third-order valence-corrected chi connectivity index (χ3v) is 3.93. The van der Waals surface area contributed by atoms with Gasteiger partial charge in [0.2, 0.25) is 0 Å². The van der Waals surface area contributed by atoms with Crippen LogP contribution in [-0.2, 0) is 9.53 Å². The standard InChI is InChI=1S/C19H20O6/c1-10(2)7-16(21)25-17-12-8-11-5-6-15(20)23-13(11)9-14(12)24-18(17)19(3,4)22/h5-9,17-18,22H,1-4H3/t17-,18-/m0/s1. The number of rotatable bonds is 3. The number of esters is 1. The van der Waals surface area contributed by atoms with Crippen molar-refractivity contribution in [2.24, 2.45) is 0 Å². The van der Waals surface area contributed by atoms with Gasteiger partial charge in [0.05, 0.1) is 5.60 Å². The molecule has 1 aliphatic heterocycles. The maximum atomic E-state index is 12.1. The Labute approximate surface area is 144 Å². The van der Waals surface area contributed by atoms with E-state index in [0.717, 1.165) is 5.57 Å². The molecule has 6 heteroatoms. The number of aliphatic hydroxyl groups is 1. The lowest BCUT2D eigenvalue weighted by molar-refractivity contribution is -0.154. The lowest BCUT2D eigenvalue weighted by Gasteiger charge is -2.29. The minimum absolute atomic E-state index is 0.372. The Morgan fingerprint density at radius 2 is 2.00 bits per heavy atom. The summed E-state index contributed by atoms with van der Waals surface area (Å²) < 4.78 is 16.6. The number of carbonyl (C=O) groups excluding carboxylic acids is 1. The predicted molar refractivity (Wildman–Crippen MR) is 91.5 cm³/mol.